The molecule has 1 aromatic carbocycles. The number of sulfonamides is 1. The van der Waals surface area contributed by atoms with Crippen molar-refractivity contribution in [2.75, 3.05) is 11.4 Å². The Labute approximate surface area is 118 Å². The predicted octanol–water partition coefficient (Wildman–Crippen LogP) is 1.51. The number of hydrogen-bond donors (Lipinski definition) is 1. The number of anilines is 1. The summed E-state index contributed by atoms with van der Waals surface area (Å²) in [5, 5.41) is 3.21. The molecule has 1 aliphatic heterocycles. The van der Waals surface area contributed by atoms with Gasteiger partial charge in [0.1, 0.15) is 5.82 Å². The van der Waals surface area contributed by atoms with Gasteiger partial charge in [-0.15, -0.1) is 0 Å². The molecule has 1 aliphatic rings. The van der Waals surface area contributed by atoms with Gasteiger partial charge in [0.05, 0.1) is 4.90 Å². The van der Waals surface area contributed by atoms with E-state index in [0.717, 1.165) is 17.7 Å². The predicted molar refractivity (Wildman–Crippen MR) is 76.8 cm³/mol. The Morgan fingerprint density at radius 2 is 1.95 bits per heavy atom. The van der Waals surface area contributed by atoms with Crippen molar-refractivity contribution in [3.63, 3.8) is 0 Å². The van der Waals surface area contributed by atoms with Gasteiger partial charge in [0, 0.05) is 26.3 Å². The molecular formula is C14H15N3O2S. The van der Waals surface area contributed by atoms with E-state index in [-0.39, 0.29) is 0 Å². The van der Waals surface area contributed by atoms with Crippen LogP contribution in [0.3, 0.4) is 0 Å². The maximum atomic E-state index is 12.6. The first-order valence-electron chi connectivity index (χ1n) is 6.31. The topological polar surface area (TPSA) is 62.3 Å². The van der Waals surface area contributed by atoms with Crippen molar-refractivity contribution in [1.29, 1.82) is 0 Å². The zero-order valence-electron chi connectivity index (χ0n) is 11.1. The fourth-order valence-corrected chi connectivity index (χ4v) is 3.45. The number of fused-ring (bicyclic) bond motifs is 1. The van der Waals surface area contributed by atoms with Gasteiger partial charge >= 0.3 is 0 Å². The summed E-state index contributed by atoms with van der Waals surface area (Å²) in [5.74, 6) is 0.408. The van der Waals surface area contributed by atoms with Crippen molar-refractivity contribution < 1.29 is 8.42 Å². The van der Waals surface area contributed by atoms with Gasteiger partial charge in [0.25, 0.3) is 10.0 Å². The highest BCUT2D eigenvalue weighted by molar-refractivity contribution is 7.92. The van der Waals surface area contributed by atoms with Crippen LogP contribution in [0.15, 0.2) is 47.5 Å². The number of pyridine rings is 1. The van der Waals surface area contributed by atoms with Gasteiger partial charge in [-0.05, 0) is 35.4 Å². The molecule has 0 bridgehead atoms. The third-order valence-electron chi connectivity index (χ3n) is 3.44. The van der Waals surface area contributed by atoms with Gasteiger partial charge in [-0.2, -0.15) is 0 Å². The van der Waals surface area contributed by atoms with Crippen LogP contribution in [0.1, 0.15) is 11.1 Å². The van der Waals surface area contributed by atoms with Crippen molar-refractivity contribution in [2.45, 2.75) is 18.0 Å². The molecule has 0 aliphatic carbocycles. The van der Waals surface area contributed by atoms with E-state index in [1.54, 1.807) is 36.5 Å². The molecule has 3 rings (SSSR count). The number of rotatable bonds is 3. The third-order valence-corrected chi connectivity index (χ3v) is 5.20. The van der Waals surface area contributed by atoms with Crippen LogP contribution in [-0.2, 0) is 23.1 Å². The van der Waals surface area contributed by atoms with Crippen LogP contribution in [0, 0.1) is 0 Å². The Kier molecular flexibility index (Phi) is 3.19. The van der Waals surface area contributed by atoms with E-state index >= 15 is 0 Å². The monoisotopic (exact) mass is 289 g/mol. The van der Waals surface area contributed by atoms with Crippen molar-refractivity contribution in [1.82, 2.24) is 10.3 Å². The summed E-state index contributed by atoms with van der Waals surface area (Å²) in [4.78, 5) is 4.38. The summed E-state index contributed by atoms with van der Waals surface area (Å²) in [6, 6.07) is 10.5. The fraction of sp³-hybridized carbons (Fsp3) is 0.214. The number of benzene rings is 1. The SMILES string of the molecule is CN(c1ccccn1)S(=O)(=O)c1ccc2c(c1)CNC2. The Hall–Kier alpha value is -1.92. The number of nitrogens with zero attached hydrogens (tertiary/aromatic N) is 2. The molecule has 2 heterocycles. The Morgan fingerprint density at radius 1 is 1.15 bits per heavy atom. The average Bonchev–Trinajstić information content (AvgIpc) is 2.94. The number of nitrogens with one attached hydrogen (secondary N) is 1. The Balaban J connectivity index is 2.00. The molecule has 0 saturated carbocycles. The largest absolute Gasteiger partial charge is 0.309 e. The number of hydrogen-bond acceptors (Lipinski definition) is 4. The van der Waals surface area contributed by atoms with E-state index in [4.69, 9.17) is 0 Å². The van der Waals surface area contributed by atoms with Crippen LogP contribution in [0.4, 0.5) is 5.82 Å². The van der Waals surface area contributed by atoms with Gasteiger partial charge in [-0.3, -0.25) is 4.31 Å². The van der Waals surface area contributed by atoms with Crippen LogP contribution in [-0.4, -0.2) is 20.4 Å². The molecule has 1 N–H and O–H groups in total. The van der Waals surface area contributed by atoms with Crippen LogP contribution in [0.25, 0.3) is 0 Å². The zero-order valence-corrected chi connectivity index (χ0v) is 11.9. The van der Waals surface area contributed by atoms with Gasteiger partial charge in [-0.25, -0.2) is 13.4 Å². The highest BCUT2D eigenvalue weighted by Gasteiger charge is 2.23. The number of aromatic nitrogens is 1. The van der Waals surface area contributed by atoms with Crippen LogP contribution < -0.4 is 9.62 Å². The lowest BCUT2D eigenvalue weighted by atomic mass is 10.1. The first-order valence-corrected chi connectivity index (χ1v) is 7.75. The first kappa shape index (κ1) is 13.1. The quantitative estimate of drug-likeness (QED) is 0.930. The van der Waals surface area contributed by atoms with E-state index in [9.17, 15) is 8.42 Å². The second-order valence-electron chi connectivity index (χ2n) is 4.69. The van der Waals surface area contributed by atoms with Gasteiger partial charge in [0.15, 0.2) is 0 Å². The minimum atomic E-state index is -3.57. The molecule has 20 heavy (non-hydrogen) atoms. The zero-order chi connectivity index (χ0) is 14.2. The highest BCUT2D eigenvalue weighted by atomic mass is 32.2. The lowest BCUT2D eigenvalue weighted by molar-refractivity contribution is 0.594. The van der Waals surface area contributed by atoms with Crippen molar-refractivity contribution >= 4 is 15.8 Å². The standard InChI is InChI=1S/C14H15N3O2S/c1-17(14-4-2-3-7-16-14)20(18,19)13-6-5-11-9-15-10-12(11)8-13/h2-8,15H,9-10H2,1H3. The van der Waals surface area contributed by atoms with Crippen LogP contribution >= 0.6 is 0 Å². The molecule has 0 fully saturated rings. The van der Waals surface area contributed by atoms with E-state index < -0.39 is 10.0 Å². The lowest BCUT2D eigenvalue weighted by Crippen LogP contribution is -2.27. The smallest absolute Gasteiger partial charge is 0.265 e. The van der Waals surface area contributed by atoms with Crippen molar-refractivity contribution in [2.24, 2.45) is 0 Å². The molecule has 0 amide bonds. The maximum Gasteiger partial charge on any atom is 0.265 e. The molecule has 5 nitrogen and oxygen atoms in total. The van der Waals surface area contributed by atoms with E-state index in [0.29, 0.717) is 17.3 Å². The minimum absolute atomic E-state index is 0.299. The summed E-state index contributed by atoms with van der Waals surface area (Å²) in [7, 11) is -2.05. The first-order chi connectivity index (χ1) is 9.59. The van der Waals surface area contributed by atoms with Crippen molar-refractivity contribution in [3.8, 4) is 0 Å². The molecule has 0 saturated heterocycles. The molecule has 0 unspecified atom stereocenters. The molecule has 6 heteroatoms. The molecule has 2 aromatic rings. The third kappa shape index (κ3) is 2.17. The summed E-state index contributed by atoms with van der Waals surface area (Å²) in [6.07, 6.45) is 1.58. The minimum Gasteiger partial charge on any atom is -0.309 e. The molecule has 0 spiro atoms. The molecule has 0 atom stereocenters. The lowest BCUT2D eigenvalue weighted by Gasteiger charge is -2.18. The highest BCUT2D eigenvalue weighted by Crippen LogP contribution is 2.24. The summed E-state index contributed by atoms with van der Waals surface area (Å²) < 4.78 is 26.4. The van der Waals surface area contributed by atoms with Gasteiger partial charge < -0.3 is 5.32 Å². The Morgan fingerprint density at radius 3 is 2.70 bits per heavy atom. The van der Waals surface area contributed by atoms with E-state index in [1.165, 1.54) is 11.4 Å². The van der Waals surface area contributed by atoms with E-state index in [2.05, 4.69) is 10.3 Å². The van der Waals surface area contributed by atoms with Gasteiger partial charge in [-0.1, -0.05) is 12.1 Å². The summed E-state index contributed by atoms with van der Waals surface area (Å²) in [6.45, 7) is 1.51. The van der Waals surface area contributed by atoms with Crippen LogP contribution in [0.2, 0.25) is 0 Å². The average molecular weight is 289 g/mol. The molecule has 0 radical (unpaired) electrons. The normalized spacial score (nSPS) is 14.1. The second-order valence-corrected chi connectivity index (χ2v) is 6.66. The molecular weight excluding hydrogens is 274 g/mol. The molecule has 104 valence electrons. The summed E-state index contributed by atoms with van der Waals surface area (Å²) >= 11 is 0. The Bertz CT molecular complexity index is 729. The van der Waals surface area contributed by atoms with Crippen molar-refractivity contribution in [3.05, 3.63) is 53.7 Å². The fourth-order valence-electron chi connectivity index (χ4n) is 2.25. The maximum absolute atomic E-state index is 12.6. The van der Waals surface area contributed by atoms with E-state index in [1.807, 2.05) is 6.07 Å². The second kappa shape index (κ2) is 4.88. The van der Waals surface area contributed by atoms with Gasteiger partial charge in [0.2, 0.25) is 0 Å². The molecule has 1 aromatic heterocycles. The van der Waals surface area contributed by atoms with Crippen LogP contribution in [0.5, 0.6) is 0 Å². The summed E-state index contributed by atoms with van der Waals surface area (Å²) in [5.41, 5.74) is 2.20.